The SMILES string of the molecule is Cc1nc2sc([C@@H](c3cccs3)N3CCC[C@H](C)C3)c(O)n2n1. The first-order valence-electron chi connectivity index (χ1n) is 7.96. The summed E-state index contributed by atoms with van der Waals surface area (Å²) in [5.41, 5.74) is 0. The molecular weight excluding hydrogens is 328 g/mol. The van der Waals surface area contributed by atoms with E-state index in [4.69, 9.17) is 0 Å². The molecule has 1 saturated heterocycles. The van der Waals surface area contributed by atoms with Crippen LogP contribution in [-0.2, 0) is 0 Å². The summed E-state index contributed by atoms with van der Waals surface area (Å²) in [5.74, 6) is 1.62. The Morgan fingerprint density at radius 2 is 2.30 bits per heavy atom. The predicted octanol–water partition coefficient (Wildman–Crippen LogP) is 3.69. The molecule has 0 spiro atoms. The van der Waals surface area contributed by atoms with Crippen LogP contribution in [0.15, 0.2) is 17.5 Å². The topological polar surface area (TPSA) is 53.7 Å². The highest BCUT2D eigenvalue weighted by Gasteiger charge is 2.32. The Balaban J connectivity index is 1.80. The van der Waals surface area contributed by atoms with Gasteiger partial charge in [-0.05, 0) is 43.7 Å². The van der Waals surface area contributed by atoms with Crippen LogP contribution in [0.25, 0.3) is 4.96 Å². The summed E-state index contributed by atoms with van der Waals surface area (Å²) in [4.78, 5) is 9.91. The van der Waals surface area contributed by atoms with Gasteiger partial charge in [-0.15, -0.1) is 16.4 Å². The third kappa shape index (κ3) is 2.66. The first-order chi connectivity index (χ1) is 11.1. The lowest BCUT2D eigenvalue weighted by Gasteiger charge is -2.36. The summed E-state index contributed by atoms with van der Waals surface area (Å²) < 4.78 is 1.57. The van der Waals surface area contributed by atoms with E-state index in [0.29, 0.717) is 11.7 Å². The highest BCUT2D eigenvalue weighted by molar-refractivity contribution is 7.17. The van der Waals surface area contributed by atoms with Crippen LogP contribution in [0.3, 0.4) is 0 Å². The zero-order valence-electron chi connectivity index (χ0n) is 13.3. The molecule has 1 N–H and O–H groups in total. The number of thiophene rings is 1. The van der Waals surface area contributed by atoms with Crippen molar-refractivity contribution in [3.63, 3.8) is 0 Å². The van der Waals surface area contributed by atoms with Crippen LogP contribution in [0.5, 0.6) is 5.88 Å². The van der Waals surface area contributed by atoms with Crippen molar-refractivity contribution in [2.45, 2.75) is 32.7 Å². The molecule has 4 rings (SSSR count). The minimum Gasteiger partial charge on any atom is -0.492 e. The standard InChI is InChI=1S/C16H20N4OS2/c1-10-5-3-7-19(9-10)13(12-6-4-8-22-12)14-15(21)20-16(23-14)17-11(2)18-20/h4,6,8,10,13,21H,3,5,7,9H2,1-2H3/t10-,13+/m0/s1. The molecule has 0 bridgehead atoms. The minimum absolute atomic E-state index is 0.103. The Morgan fingerprint density at radius 1 is 1.43 bits per heavy atom. The van der Waals surface area contributed by atoms with Gasteiger partial charge in [0, 0.05) is 11.4 Å². The molecule has 0 aromatic carbocycles. The fraction of sp³-hybridized carbons (Fsp3) is 0.500. The number of rotatable bonds is 3. The number of likely N-dealkylation sites (tertiary alicyclic amines) is 1. The van der Waals surface area contributed by atoms with E-state index in [1.165, 1.54) is 17.7 Å². The molecule has 0 unspecified atom stereocenters. The summed E-state index contributed by atoms with van der Waals surface area (Å²) in [6, 6.07) is 4.35. The Hall–Kier alpha value is -1.44. The summed E-state index contributed by atoms with van der Waals surface area (Å²) in [6.45, 7) is 6.29. The number of aryl methyl sites for hydroxylation is 1. The fourth-order valence-electron chi connectivity index (χ4n) is 3.41. The van der Waals surface area contributed by atoms with Gasteiger partial charge in [0.1, 0.15) is 5.82 Å². The predicted molar refractivity (Wildman–Crippen MR) is 93.4 cm³/mol. The molecule has 23 heavy (non-hydrogen) atoms. The van der Waals surface area contributed by atoms with E-state index in [1.807, 2.05) is 6.92 Å². The van der Waals surface area contributed by atoms with Crippen LogP contribution in [0, 0.1) is 12.8 Å². The highest BCUT2D eigenvalue weighted by atomic mass is 32.1. The molecule has 7 heteroatoms. The monoisotopic (exact) mass is 348 g/mol. The molecule has 0 saturated carbocycles. The lowest BCUT2D eigenvalue weighted by atomic mass is 9.98. The zero-order valence-corrected chi connectivity index (χ0v) is 14.9. The summed E-state index contributed by atoms with van der Waals surface area (Å²) in [7, 11) is 0. The molecule has 2 atom stereocenters. The van der Waals surface area contributed by atoms with Crippen molar-refractivity contribution < 1.29 is 5.11 Å². The average Bonchev–Trinajstić information content (AvgIpc) is 3.21. The Kier molecular flexibility index (Phi) is 3.87. The number of aromatic hydroxyl groups is 1. The van der Waals surface area contributed by atoms with Gasteiger partial charge >= 0.3 is 0 Å². The molecule has 3 aromatic rings. The van der Waals surface area contributed by atoms with Crippen molar-refractivity contribution >= 4 is 27.6 Å². The van der Waals surface area contributed by atoms with Gasteiger partial charge in [0.05, 0.1) is 10.9 Å². The summed E-state index contributed by atoms with van der Waals surface area (Å²) in [5, 5.41) is 17.1. The third-order valence-corrected chi connectivity index (χ3v) is 6.42. The molecule has 1 aliphatic rings. The normalized spacial score (nSPS) is 21.0. The van der Waals surface area contributed by atoms with Gasteiger partial charge in [-0.2, -0.15) is 4.52 Å². The van der Waals surface area contributed by atoms with Gasteiger partial charge in [0.2, 0.25) is 10.8 Å². The van der Waals surface area contributed by atoms with E-state index >= 15 is 0 Å². The third-order valence-electron chi connectivity index (χ3n) is 4.42. The van der Waals surface area contributed by atoms with Crippen molar-refractivity contribution in [2.75, 3.05) is 13.1 Å². The molecule has 0 aliphatic carbocycles. The Morgan fingerprint density at radius 3 is 3.00 bits per heavy atom. The number of hydrogen-bond acceptors (Lipinski definition) is 6. The second-order valence-electron chi connectivity index (χ2n) is 6.30. The smallest absolute Gasteiger partial charge is 0.230 e. The van der Waals surface area contributed by atoms with Crippen molar-refractivity contribution in [3.8, 4) is 5.88 Å². The Bertz CT molecular complexity index is 808. The van der Waals surface area contributed by atoms with Gasteiger partial charge in [0.25, 0.3) is 0 Å². The van der Waals surface area contributed by atoms with E-state index in [0.717, 1.165) is 22.9 Å². The largest absolute Gasteiger partial charge is 0.492 e. The van der Waals surface area contributed by atoms with Crippen LogP contribution in [-0.4, -0.2) is 37.7 Å². The van der Waals surface area contributed by atoms with Crippen LogP contribution >= 0.6 is 22.7 Å². The van der Waals surface area contributed by atoms with Crippen LogP contribution in [0.2, 0.25) is 0 Å². The van der Waals surface area contributed by atoms with E-state index in [2.05, 4.69) is 39.4 Å². The lowest BCUT2D eigenvalue weighted by molar-refractivity contribution is 0.150. The van der Waals surface area contributed by atoms with Gasteiger partial charge in [-0.25, -0.2) is 4.98 Å². The van der Waals surface area contributed by atoms with E-state index in [9.17, 15) is 5.11 Å². The van der Waals surface area contributed by atoms with Crippen molar-refractivity contribution in [1.29, 1.82) is 0 Å². The van der Waals surface area contributed by atoms with Gasteiger partial charge in [-0.3, -0.25) is 4.90 Å². The van der Waals surface area contributed by atoms with Crippen LogP contribution in [0.4, 0.5) is 0 Å². The number of fused-ring (bicyclic) bond motifs is 1. The molecule has 1 fully saturated rings. The molecule has 3 aromatic heterocycles. The lowest BCUT2D eigenvalue weighted by Crippen LogP contribution is -2.37. The maximum absolute atomic E-state index is 10.7. The second kappa shape index (κ2) is 5.89. The first-order valence-corrected chi connectivity index (χ1v) is 9.65. The molecule has 122 valence electrons. The molecule has 5 nitrogen and oxygen atoms in total. The van der Waals surface area contributed by atoms with Gasteiger partial charge in [-0.1, -0.05) is 24.3 Å². The van der Waals surface area contributed by atoms with Gasteiger partial charge < -0.3 is 5.11 Å². The summed E-state index contributed by atoms with van der Waals surface area (Å²) >= 11 is 3.30. The number of aromatic nitrogens is 3. The van der Waals surface area contributed by atoms with E-state index < -0.39 is 0 Å². The average molecular weight is 348 g/mol. The number of nitrogens with zero attached hydrogens (tertiary/aromatic N) is 4. The van der Waals surface area contributed by atoms with E-state index in [-0.39, 0.29) is 11.9 Å². The summed E-state index contributed by atoms with van der Waals surface area (Å²) in [6.07, 6.45) is 2.50. The van der Waals surface area contributed by atoms with E-state index in [1.54, 1.807) is 27.2 Å². The molecule has 1 aliphatic heterocycles. The molecule has 0 radical (unpaired) electrons. The van der Waals surface area contributed by atoms with Crippen LogP contribution in [0.1, 0.15) is 41.4 Å². The number of piperidine rings is 1. The molecule has 0 amide bonds. The number of hydrogen-bond donors (Lipinski definition) is 1. The molecule has 4 heterocycles. The minimum atomic E-state index is 0.103. The van der Waals surface area contributed by atoms with Crippen molar-refractivity contribution in [3.05, 3.63) is 33.1 Å². The maximum Gasteiger partial charge on any atom is 0.230 e. The fourth-order valence-corrected chi connectivity index (χ4v) is 5.50. The van der Waals surface area contributed by atoms with Crippen LogP contribution < -0.4 is 0 Å². The van der Waals surface area contributed by atoms with Crippen molar-refractivity contribution in [1.82, 2.24) is 19.5 Å². The van der Waals surface area contributed by atoms with Crippen molar-refractivity contribution in [2.24, 2.45) is 5.92 Å². The first kappa shape index (κ1) is 15.1. The highest BCUT2D eigenvalue weighted by Crippen LogP contribution is 2.42. The quantitative estimate of drug-likeness (QED) is 0.784. The molecular formula is C16H20N4OS2. The maximum atomic E-state index is 10.7. The van der Waals surface area contributed by atoms with Gasteiger partial charge in [0.15, 0.2) is 0 Å². The second-order valence-corrected chi connectivity index (χ2v) is 8.29. The zero-order chi connectivity index (χ0) is 16.0. The Labute approximate surface area is 143 Å². The number of thiazole rings is 1.